The van der Waals surface area contributed by atoms with Crippen LogP contribution in [0.1, 0.15) is 39.5 Å². The average Bonchev–Trinajstić information content (AvgIpc) is 3.27. The molecule has 2 amide bonds. The largest absolute Gasteiger partial charge is 0.372 e. The molecule has 0 aromatic heterocycles. The van der Waals surface area contributed by atoms with Crippen molar-refractivity contribution in [1.29, 1.82) is 0 Å². The molecule has 0 radical (unpaired) electrons. The first-order valence-corrected chi connectivity index (χ1v) is 8.31. The molecule has 1 aliphatic heterocycles. The zero-order chi connectivity index (χ0) is 15.2. The summed E-state index contributed by atoms with van der Waals surface area (Å²) in [6, 6.07) is 0. The van der Waals surface area contributed by atoms with Crippen LogP contribution in [-0.4, -0.2) is 61.0 Å². The van der Waals surface area contributed by atoms with Crippen LogP contribution in [0.2, 0.25) is 0 Å². The second-order valence-electron chi connectivity index (χ2n) is 6.09. The lowest BCUT2D eigenvalue weighted by atomic mass is 10.2. The zero-order valence-electron chi connectivity index (χ0n) is 13.3. The van der Waals surface area contributed by atoms with E-state index in [2.05, 4.69) is 6.92 Å². The number of ether oxygens (including phenoxy) is 1. The standard InChI is InChI=1S/C16H28N2O3/c1-3-6-13-11-14(13)16(20)18-8-5-7-17(9-10-18)15(19)12-21-4-2/h13-14H,3-12H2,1-2H3/t13-,14+/m0/s1. The summed E-state index contributed by atoms with van der Waals surface area (Å²) in [7, 11) is 0. The van der Waals surface area contributed by atoms with Gasteiger partial charge in [-0.2, -0.15) is 0 Å². The lowest BCUT2D eigenvalue weighted by molar-refractivity contribution is -0.137. The Morgan fingerprint density at radius 2 is 1.81 bits per heavy atom. The Hall–Kier alpha value is -1.10. The monoisotopic (exact) mass is 296 g/mol. The van der Waals surface area contributed by atoms with Crippen molar-refractivity contribution in [3.8, 4) is 0 Å². The van der Waals surface area contributed by atoms with Gasteiger partial charge in [-0.25, -0.2) is 0 Å². The van der Waals surface area contributed by atoms with Gasteiger partial charge in [0.05, 0.1) is 0 Å². The van der Waals surface area contributed by atoms with Gasteiger partial charge >= 0.3 is 0 Å². The van der Waals surface area contributed by atoms with Crippen LogP contribution >= 0.6 is 0 Å². The maximum absolute atomic E-state index is 12.4. The van der Waals surface area contributed by atoms with Gasteiger partial charge in [-0.3, -0.25) is 9.59 Å². The Bertz CT molecular complexity index is 373. The van der Waals surface area contributed by atoms with Gasteiger partial charge < -0.3 is 14.5 Å². The molecular weight excluding hydrogens is 268 g/mol. The number of hydrogen-bond donors (Lipinski definition) is 0. The van der Waals surface area contributed by atoms with E-state index in [4.69, 9.17) is 4.74 Å². The molecule has 1 heterocycles. The van der Waals surface area contributed by atoms with E-state index in [1.165, 1.54) is 6.42 Å². The van der Waals surface area contributed by atoms with Gasteiger partial charge in [0.25, 0.3) is 0 Å². The first-order chi connectivity index (χ1) is 10.2. The number of carbonyl (C=O) groups is 2. The molecule has 0 aromatic rings. The smallest absolute Gasteiger partial charge is 0.248 e. The maximum atomic E-state index is 12.4. The highest BCUT2D eigenvalue weighted by atomic mass is 16.5. The zero-order valence-corrected chi connectivity index (χ0v) is 13.3. The van der Waals surface area contributed by atoms with Crippen LogP contribution in [0.5, 0.6) is 0 Å². The molecule has 1 saturated heterocycles. The van der Waals surface area contributed by atoms with Gasteiger partial charge in [0, 0.05) is 38.7 Å². The van der Waals surface area contributed by atoms with E-state index in [1.807, 2.05) is 16.7 Å². The third-order valence-electron chi connectivity index (χ3n) is 4.49. The van der Waals surface area contributed by atoms with Crippen molar-refractivity contribution in [2.45, 2.75) is 39.5 Å². The molecule has 0 spiro atoms. The third kappa shape index (κ3) is 4.43. The number of hydrogen-bond acceptors (Lipinski definition) is 3. The summed E-state index contributed by atoms with van der Waals surface area (Å²) in [5.74, 6) is 1.23. The molecule has 2 aliphatic rings. The Balaban J connectivity index is 1.78. The van der Waals surface area contributed by atoms with Crippen molar-refractivity contribution in [3.63, 3.8) is 0 Å². The van der Waals surface area contributed by atoms with Crippen molar-refractivity contribution in [2.75, 3.05) is 39.4 Å². The quantitative estimate of drug-likeness (QED) is 0.747. The minimum Gasteiger partial charge on any atom is -0.372 e. The molecule has 0 N–H and O–H groups in total. The summed E-state index contributed by atoms with van der Waals surface area (Å²) in [5, 5.41) is 0. The van der Waals surface area contributed by atoms with E-state index in [0.29, 0.717) is 31.5 Å². The van der Waals surface area contributed by atoms with Crippen molar-refractivity contribution in [3.05, 3.63) is 0 Å². The summed E-state index contributed by atoms with van der Waals surface area (Å²) >= 11 is 0. The molecule has 120 valence electrons. The topological polar surface area (TPSA) is 49.9 Å². The van der Waals surface area contributed by atoms with E-state index in [9.17, 15) is 9.59 Å². The van der Waals surface area contributed by atoms with Crippen LogP contribution in [0, 0.1) is 11.8 Å². The fraction of sp³-hybridized carbons (Fsp3) is 0.875. The molecule has 21 heavy (non-hydrogen) atoms. The van der Waals surface area contributed by atoms with Gasteiger partial charge in [0.15, 0.2) is 0 Å². The van der Waals surface area contributed by atoms with Crippen LogP contribution in [0.25, 0.3) is 0 Å². The molecule has 5 heteroatoms. The Morgan fingerprint density at radius 1 is 1.10 bits per heavy atom. The normalized spacial score (nSPS) is 25.6. The Labute approximate surface area is 127 Å². The first kappa shape index (κ1) is 16.3. The fourth-order valence-electron chi connectivity index (χ4n) is 3.14. The molecule has 2 fully saturated rings. The number of carbonyl (C=O) groups excluding carboxylic acids is 2. The predicted octanol–water partition coefficient (Wildman–Crippen LogP) is 1.52. The predicted molar refractivity (Wildman–Crippen MR) is 80.8 cm³/mol. The summed E-state index contributed by atoms with van der Waals surface area (Å²) in [4.78, 5) is 28.2. The molecule has 1 aliphatic carbocycles. The molecule has 2 atom stereocenters. The van der Waals surface area contributed by atoms with Gasteiger partial charge in [-0.15, -0.1) is 0 Å². The van der Waals surface area contributed by atoms with Gasteiger partial charge in [0.1, 0.15) is 6.61 Å². The highest BCUT2D eigenvalue weighted by Crippen LogP contribution is 2.43. The van der Waals surface area contributed by atoms with Crippen molar-refractivity contribution in [1.82, 2.24) is 9.80 Å². The van der Waals surface area contributed by atoms with E-state index >= 15 is 0 Å². The highest BCUT2D eigenvalue weighted by molar-refractivity contribution is 5.82. The molecule has 5 nitrogen and oxygen atoms in total. The second kappa shape index (κ2) is 7.78. The molecule has 0 aromatic carbocycles. The summed E-state index contributed by atoms with van der Waals surface area (Å²) in [6.45, 7) is 7.61. The lowest BCUT2D eigenvalue weighted by Gasteiger charge is -2.22. The molecule has 0 bridgehead atoms. The van der Waals surface area contributed by atoms with Crippen LogP contribution in [0.3, 0.4) is 0 Å². The third-order valence-corrected chi connectivity index (χ3v) is 4.49. The van der Waals surface area contributed by atoms with Crippen LogP contribution in [0.15, 0.2) is 0 Å². The minimum absolute atomic E-state index is 0.0430. The molecular formula is C16H28N2O3. The summed E-state index contributed by atoms with van der Waals surface area (Å²) in [6.07, 6.45) is 4.27. The van der Waals surface area contributed by atoms with E-state index < -0.39 is 0 Å². The van der Waals surface area contributed by atoms with Crippen molar-refractivity contribution in [2.24, 2.45) is 11.8 Å². The van der Waals surface area contributed by atoms with Crippen LogP contribution in [-0.2, 0) is 14.3 Å². The first-order valence-electron chi connectivity index (χ1n) is 8.31. The van der Waals surface area contributed by atoms with Crippen molar-refractivity contribution >= 4 is 11.8 Å². The van der Waals surface area contributed by atoms with Gasteiger partial charge in [-0.1, -0.05) is 13.3 Å². The number of rotatable bonds is 6. The second-order valence-corrected chi connectivity index (χ2v) is 6.09. The van der Waals surface area contributed by atoms with Gasteiger partial charge in [-0.05, 0) is 32.1 Å². The summed E-state index contributed by atoms with van der Waals surface area (Å²) in [5.41, 5.74) is 0. The lowest BCUT2D eigenvalue weighted by Crippen LogP contribution is -2.39. The van der Waals surface area contributed by atoms with Crippen molar-refractivity contribution < 1.29 is 14.3 Å². The number of amides is 2. The maximum Gasteiger partial charge on any atom is 0.248 e. The highest BCUT2D eigenvalue weighted by Gasteiger charge is 2.44. The Morgan fingerprint density at radius 3 is 2.52 bits per heavy atom. The molecule has 1 saturated carbocycles. The SMILES string of the molecule is CCC[C@H]1C[C@H]1C(=O)N1CCCN(C(=O)COCC)CC1. The van der Waals surface area contributed by atoms with Crippen LogP contribution < -0.4 is 0 Å². The van der Waals surface area contributed by atoms with E-state index in [0.717, 1.165) is 32.4 Å². The molecule has 0 unspecified atom stereocenters. The number of nitrogens with zero attached hydrogens (tertiary/aromatic N) is 2. The Kier molecular flexibility index (Phi) is 6.03. The van der Waals surface area contributed by atoms with E-state index in [1.54, 1.807) is 0 Å². The van der Waals surface area contributed by atoms with E-state index in [-0.39, 0.29) is 18.4 Å². The fourth-order valence-corrected chi connectivity index (χ4v) is 3.14. The van der Waals surface area contributed by atoms with Crippen LogP contribution in [0.4, 0.5) is 0 Å². The summed E-state index contributed by atoms with van der Waals surface area (Å²) < 4.78 is 5.18. The molecule has 2 rings (SSSR count). The van der Waals surface area contributed by atoms with Gasteiger partial charge in [0.2, 0.25) is 11.8 Å². The minimum atomic E-state index is 0.0430. The average molecular weight is 296 g/mol.